The highest BCUT2D eigenvalue weighted by Gasteiger charge is 2.44. The van der Waals surface area contributed by atoms with Crippen LogP contribution in [0, 0.1) is 5.41 Å². The van der Waals surface area contributed by atoms with Crippen molar-refractivity contribution in [1.29, 1.82) is 0 Å². The van der Waals surface area contributed by atoms with Gasteiger partial charge in [0.15, 0.2) is 0 Å². The third-order valence-electron chi connectivity index (χ3n) is 8.01. The van der Waals surface area contributed by atoms with Gasteiger partial charge in [0.2, 0.25) is 5.91 Å². The molecule has 2 N–H and O–H groups in total. The van der Waals surface area contributed by atoms with E-state index in [1.54, 1.807) is 13.8 Å². The highest BCUT2D eigenvalue weighted by Crippen LogP contribution is 2.44. The maximum Gasteiger partial charge on any atom is 0.407 e. The van der Waals surface area contributed by atoms with Gasteiger partial charge in [0.05, 0.1) is 18.1 Å². The molecular weight excluding hydrogens is 508 g/mol. The number of hydrogen-bond acceptors (Lipinski definition) is 5. The Hall–Kier alpha value is -4.17. The minimum absolute atomic E-state index is 0.0649. The zero-order valence-electron chi connectivity index (χ0n) is 22.7. The summed E-state index contributed by atoms with van der Waals surface area (Å²) < 4.78 is 11.7. The Kier molecular flexibility index (Phi) is 7.89. The van der Waals surface area contributed by atoms with Crippen LogP contribution in [0.15, 0.2) is 78.9 Å². The van der Waals surface area contributed by atoms with Gasteiger partial charge in [0, 0.05) is 19.0 Å². The molecule has 208 valence electrons. The van der Waals surface area contributed by atoms with Crippen LogP contribution < -0.4 is 5.32 Å². The fourth-order valence-corrected chi connectivity index (χ4v) is 5.57. The summed E-state index contributed by atoms with van der Waals surface area (Å²) in [5.74, 6) is -1.45. The molecule has 3 unspecified atom stereocenters. The van der Waals surface area contributed by atoms with Crippen molar-refractivity contribution >= 4 is 18.0 Å². The highest BCUT2D eigenvalue weighted by atomic mass is 16.5. The zero-order valence-corrected chi connectivity index (χ0v) is 22.7. The summed E-state index contributed by atoms with van der Waals surface area (Å²) >= 11 is 0. The molecule has 3 atom stereocenters. The summed E-state index contributed by atoms with van der Waals surface area (Å²) in [6, 6.07) is 24.6. The Morgan fingerprint density at radius 1 is 0.975 bits per heavy atom. The SMILES string of the molecule is CC(OCc1ccccc1)C(NC(=O)OCC1c2ccccc2-c2ccccc21)C(=O)N1CCC(C)(C(=O)O)C1. The summed E-state index contributed by atoms with van der Waals surface area (Å²) in [4.78, 5) is 40.0. The van der Waals surface area contributed by atoms with E-state index >= 15 is 0 Å². The van der Waals surface area contributed by atoms with Crippen molar-refractivity contribution in [2.24, 2.45) is 5.41 Å². The minimum Gasteiger partial charge on any atom is -0.481 e. The molecule has 1 aliphatic carbocycles. The van der Waals surface area contributed by atoms with Crippen molar-refractivity contribution < 1.29 is 29.0 Å². The number of alkyl carbamates (subject to hydrolysis) is 1. The average molecular weight is 543 g/mol. The first-order chi connectivity index (χ1) is 19.3. The number of carboxylic acids is 1. The van der Waals surface area contributed by atoms with E-state index in [9.17, 15) is 19.5 Å². The molecule has 2 amide bonds. The molecule has 0 aromatic heterocycles. The van der Waals surface area contributed by atoms with Gasteiger partial charge in [-0.15, -0.1) is 0 Å². The molecule has 40 heavy (non-hydrogen) atoms. The number of carboxylic acid groups (broad SMARTS) is 1. The van der Waals surface area contributed by atoms with Crippen LogP contribution in [-0.4, -0.2) is 59.8 Å². The van der Waals surface area contributed by atoms with Crippen molar-refractivity contribution in [3.05, 3.63) is 95.6 Å². The first-order valence-electron chi connectivity index (χ1n) is 13.6. The number of carbonyl (C=O) groups is 3. The molecule has 0 spiro atoms. The van der Waals surface area contributed by atoms with E-state index in [0.717, 1.165) is 27.8 Å². The number of rotatable bonds is 9. The third-order valence-corrected chi connectivity index (χ3v) is 8.01. The van der Waals surface area contributed by atoms with Crippen LogP contribution in [0.25, 0.3) is 11.1 Å². The summed E-state index contributed by atoms with van der Waals surface area (Å²) in [6.07, 6.45) is -1.08. The Morgan fingerprint density at radius 3 is 2.17 bits per heavy atom. The van der Waals surface area contributed by atoms with E-state index in [2.05, 4.69) is 17.4 Å². The average Bonchev–Trinajstić information content (AvgIpc) is 3.53. The van der Waals surface area contributed by atoms with Gasteiger partial charge >= 0.3 is 12.1 Å². The molecule has 0 saturated carbocycles. The van der Waals surface area contributed by atoms with Gasteiger partial charge in [0.1, 0.15) is 12.6 Å². The summed E-state index contributed by atoms with van der Waals surface area (Å²) in [5.41, 5.74) is 4.33. The lowest BCUT2D eigenvalue weighted by Crippen LogP contribution is -2.54. The fraction of sp³-hybridized carbons (Fsp3) is 0.344. The smallest absolute Gasteiger partial charge is 0.407 e. The predicted molar refractivity (Wildman–Crippen MR) is 150 cm³/mol. The molecule has 5 rings (SSSR count). The Bertz CT molecular complexity index is 1350. The van der Waals surface area contributed by atoms with Crippen LogP contribution in [0.2, 0.25) is 0 Å². The number of nitrogens with one attached hydrogen (secondary N) is 1. The highest BCUT2D eigenvalue weighted by molar-refractivity contribution is 5.88. The maximum absolute atomic E-state index is 13.6. The first-order valence-corrected chi connectivity index (χ1v) is 13.6. The maximum atomic E-state index is 13.6. The zero-order chi connectivity index (χ0) is 28.3. The van der Waals surface area contributed by atoms with E-state index in [4.69, 9.17) is 9.47 Å². The Balaban J connectivity index is 1.29. The quantitative estimate of drug-likeness (QED) is 0.402. The Labute approximate surface area is 233 Å². The number of hydrogen-bond donors (Lipinski definition) is 2. The van der Waals surface area contributed by atoms with Gasteiger partial charge in [0.25, 0.3) is 0 Å². The molecule has 1 aliphatic heterocycles. The number of fused-ring (bicyclic) bond motifs is 3. The van der Waals surface area contributed by atoms with E-state index in [0.29, 0.717) is 6.42 Å². The van der Waals surface area contributed by atoms with Crippen LogP contribution in [0.5, 0.6) is 0 Å². The van der Waals surface area contributed by atoms with Gasteiger partial charge in [-0.2, -0.15) is 0 Å². The lowest BCUT2D eigenvalue weighted by atomic mass is 9.90. The monoisotopic (exact) mass is 542 g/mol. The first kappa shape index (κ1) is 27.4. The fourth-order valence-electron chi connectivity index (χ4n) is 5.57. The van der Waals surface area contributed by atoms with Crippen molar-refractivity contribution in [2.45, 2.75) is 44.9 Å². The van der Waals surface area contributed by atoms with E-state index in [1.165, 1.54) is 4.90 Å². The second-order valence-electron chi connectivity index (χ2n) is 10.8. The third kappa shape index (κ3) is 5.58. The number of benzene rings is 3. The van der Waals surface area contributed by atoms with Crippen LogP contribution in [0.3, 0.4) is 0 Å². The second-order valence-corrected chi connectivity index (χ2v) is 10.8. The minimum atomic E-state index is -1.05. The largest absolute Gasteiger partial charge is 0.481 e. The van der Waals surface area contributed by atoms with Crippen LogP contribution in [0.4, 0.5) is 4.79 Å². The summed E-state index contributed by atoms with van der Waals surface area (Å²) in [5, 5.41) is 12.4. The molecular formula is C32H34N2O6. The lowest BCUT2D eigenvalue weighted by molar-refractivity contribution is -0.147. The predicted octanol–water partition coefficient (Wildman–Crippen LogP) is 4.82. The number of nitrogens with zero attached hydrogens (tertiary/aromatic N) is 1. The van der Waals surface area contributed by atoms with Crippen LogP contribution >= 0.6 is 0 Å². The number of aliphatic carboxylic acids is 1. The normalized spacial score (nSPS) is 19.4. The van der Waals surface area contributed by atoms with E-state index < -0.39 is 29.6 Å². The van der Waals surface area contributed by atoms with Gasteiger partial charge in [-0.3, -0.25) is 9.59 Å². The second kappa shape index (κ2) is 11.5. The van der Waals surface area contributed by atoms with Crippen molar-refractivity contribution in [3.63, 3.8) is 0 Å². The van der Waals surface area contributed by atoms with Gasteiger partial charge < -0.3 is 24.8 Å². The number of amides is 2. The van der Waals surface area contributed by atoms with Gasteiger partial charge in [-0.05, 0) is 48.1 Å². The van der Waals surface area contributed by atoms with Crippen molar-refractivity contribution in [1.82, 2.24) is 10.2 Å². The van der Waals surface area contributed by atoms with Gasteiger partial charge in [-0.1, -0.05) is 78.9 Å². The summed E-state index contributed by atoms with van der Waals surface area (Å²) in [7, 11) is 0. The lowest BCUT2D eigenvalue weighted by Gasteiger charge is -2.29. The van der Waals surface area contributed by atoms with E-state index in [1.807, 2.05) is 66.7 Å². The molecule has 8 heteroatoms. The van der Waals surface area contributed by atoms with Crippen molar-refractivity contribution in [2.75, 3.05) is 19.7 Å². The molecule has 3 aromatic rings. The topological polar surface area (TPSA) is 105 Å². The van der Waals surface area contributed by atoms with Crippen LogP contribution in [0.1, 0.15) is 42.9 Å². The number of carbonyl (C=O) groups excluding carboxylic acids is 2. The Morgan fingerprint density at radius 2 is 1.57 bits per heavy atom. The molecule has 2 aliphatic rings. The molecule has 8 nitrogen and oxygen atoms in total. The molecule has 0 radical (unpaired) electrons. The molecule has 1 fully saturated rings. The van der Waals surface area contributed by atoms with E-state index in [-0.39, 0.29) is 38.1 Å². The summed E-state index contributed by atoms with van der Waals surface area (Å²) in [6.45, 7) is 4.07. The van der Waals surface area contributed by atoms with Crippen molar-refractivity contribution in [3.8, 4) is 11.1 Å². The standard InChI is InChI=1S/C32H34N2O6/c1-21(39-18-22-10-4-3-5-11-22)28(29(35)34-17-16-32(2,20-34)30(36)37)33-31(38)40-19-27-25-14-8-6-12-23(25)24-13-7-9-15-26(24)27/h3-15,21,27-28H,16-20H2,1-2H3,(H,33,38)(H,36,37). The van der Waals surface area contributed by atoms with Gasteiger partial charge in [-0.25, -0.2) is 4.79 Å². The molecule has 1 saturated heterocycles. The number of likely N-dealkylation sites (tertiary alicyclic amines) is 1. The van der Waals surface area contributed by atoms with Crippen LogP contribution in [-0.2, 0) is 25.7 Å². The molecule has 0 bridgehead atoms. The number of ether oxygens (including phenoxy) is 2. The molecule has 1 heterocycles. The molecule has 3 aromatic carbocycles.